The van der Waals surface area contributed by atoms with E-state index >= 15 is 0 Å². The highest BCUT2D eigenvalue weighted by atomic mass is 32.3. The molecule has 0 aromatic carbocycles. The minimum Gasteiger partial charge on any atom is -0.462 e. The van der Waals surface area contributed by atoms with Crippen molar-refractivity contribution < 1.29 is 26.2 Å². The first-order valence-electron chi connectivity index (χ1n) is 3.84. The third-order valence-corrected chi connectivity index (χ3v) is 2.51. The van der Waals surface area contributed by atoms with Crippen LogP contribution in [0.25, 0.3) is 0 Å². The van der Waals surface area contributed by atoms with Crippen LogP contribution in [-0.2, 0) is 19.7 Å². The molecule has 0 amide bonds. The summed E-state index contributed by atoms with van der Waals surface area (Å²) in [6.07, 6.45) is 0.0842. The minimum absolute atomic E-state index is 0.152. The van der Waals surface area contributed by atoms with E-state index in [1.807, 2.05) is 0 Å². The van der Waals surface area contributed by atoms with Gasteiger partial charge in [-0.2, -0.15) is 8.42 Å². The molecule has 0 radical (unpaired) electrons. The monoisotopic (exact) mass is 222 g/mol. The molecule has 14 heavy (non-hydrogen) atoms. The van der Waals surface area contributed by atoms with Crippen LogP contribution < -0.4 is 0 Å². The van der Waals surface area contributed by atoms with E-state index in [4.69, 9.17) is 13.9 Å². The molecule has 0 saturated carbocycles. The number of ether oxygens (including phenoxy) is 2. The number of halogens is 1. The summed E-state index contributed by atoms with van der Waals surface area (Å²) in [5, 5.41) is 0. The summed E-state index contributed by atoms with van der Waals surface area (Å²) in [4.78, 5) is -0.522. The van der Waals surface area contributed by atoms with Crippen molar-refractivity contribution in [2.45, 2.75) is 11.2 Å². The predicted molar refractivity (Wildman–Crippen MR) is 41.6 cm³/mol. The van der Waals surface area contributed by atoms with Crippen molar-refractivity contribution in [1.29, 1.82) is 0 Å². The highest BCUT2D eigenvalue weighted by molar-refractivity contribution is 7.86. The molecule has 0 aliphatic carbocycles. The van der Waals surface area contributed by atoms with Crippen molar-refractivity contribution in [2.75, 3.05) is 13.2 Å². The lowest BCUT2D eigenvalue weighted by Gasteiger charge is -2.02. The Morgan fingerprint density at radius 1 is 1.36 bits per heavy atom. The van der Waals surface area contributed by atoms with E-state index in [2.05, 4.69) is 0 Å². The molecule has 1 aromatic rings. The van der Waals surface area contributed by atoms with Gasteiger partial charge in [-0.15, -0.1) is 3.89 Å². The molecule has 78 valence electrons. The van der Waals surface area contributed by atoms with Crippen LogP contribution in [0.15, 0.2) is 21.6 Å². The quantitative estimate of drug-likeness (QED) is 0.698. The summed E-state index contributed by atoms with van der Waals surface area (Å²) in [6.45, 7) is 0.812. The Hall–Kier alpha value is -0.920. The van der Waals surface area contributed by atoms with Gasteiger partial charge in [-0.1, -0.05) is 0 Å². The Bertz CT molecular complexity index is 417. The molecule has 2 heterocycles. The summed E-state index contributed by atoms with van der Waals surface area (Å²) < 4.78 is 48.2. The lowest BCUT2D eigenvalue weighted by atomic mass is 10.4. The van der Waals surface area contributed by atoms with E-state index in [1.54, 1.807) is 0 Å². The van der Waals surface area contributed by atoms with Crippen LogP contribution in [-0.4, -0.2) is 21.6 Å². The standard InChI is InChI=1S/C7H7FO5S/c8-14(9,10)5-3-6(13-4-5)7-11-1-2-12-7/h3-4,7H,1-2H2. The molecule has 0 N–H and O–H groups in total. The Morgan fingerprint density at radius 3 is 2.50 bits per heavy atom. The largest absolute Gasteiger partial charge is 0.462 e. The summed E-state index contributed by atoms with van der Waals surface area (Å²) in [5.74, 6) is 0.152. The third-order valence-electron chi connectivity index (χ3n) is 1.73. The average molecular weight is 222 g/mol. The zero-order valence-electron chi connectivity index (χ0n) is 6.97. The molecule has 1 aromatic heterocycles. The summed E-state index contributed by atoms with van der Waals surface area (Å²) in [7, 11) is -4.72. The molecule has 1 aliphatic rings. The summed E-state index contributed by atoms with van der Waals surface area (Å²) in [6, 6.07) is 1.05. The molecule has 0 bridgehead atoms. The van der Waals surface area contributed by atoms with E-state index in [9.17, 15) is 12.3 Å². The van der Waals surface area contributed by atoms with Crippen molar-refractivity contribution in [3.05, 3.63) is 18.1 Å². The van der Waals surface area contributed by atoms with Crippen molar-refractivity contribution in [1.82, 2.24) is 0 Å². The average Bonchev–Trinajstić information content (AvgIpc) is 2.73. The van der Waals surface area contributed by atoms with Crippen molar-refractivity contribution in [3.8, 4) is 0 Å². The third kappa shape index (κ3) is 1.79. The van der Waals surface area contributed by atoms with Crippen LogP contribution in [0.4, 0.5) is 3.89 Å². The van der Waals surface area contributed by atoms with Gasteiger partial charge in [-0.05, 0) is 0 Å². The Morgan fingerprint density at radius 2 is 2.00 bits per heavy atom. The van der Waals surface area contributed by atoms with Gasteiger partial charge in [0.15, 0.2) is 5.76 Å². The van der Waals surface area contributed by atoms with Gasteiger partial charge >= 0.3 is 10.2 Å². The van der Waals surface area contributed by atoms with Gasteiger partial charge in [-0.25, -0.2) is 0 Å². The minimum atomic E-state index is -4.72. The Balaban J connectivity index is 2.25. The van der Waals surface area contributed by atoms with Crippen molar-refractivity contribution >= 4 is 10.2 Å². The second kappa shape index (κ2) is 3.34. The molecule has 1 aliphatic heterocycles. The molecule has 0 spiro atoms. The SMILES string of the molecule is O=S(=O)(F)c1coc(C2OCCO2)c1. The first-order valence-corrected chi connectivity index (χ1v) is 5.22. The van der Waals surface area contributed by atoms with Crippen molar-refractivity contribution in [2.24, 2.45) is 0 Å². The topological polar surface area (TPSA) is 65.7 Å². The first kappa shape index (κ1) is 9.63. The van der Waals surface area contributed by atoms with E-state index < -0.39 is 21.4 Å². The molecule has 5 nitrogen and oxygen atoms in total. The van der Waals surface area contributed by atoms with Crippen LogP contribution in [0, 0.1) is 0 Å². The van der Waals surface area contributed by atoms with Gasteiger partial charge in [0.2, 0.25) is 6.29 Å². The fraction of sp³-hybridized carbons (Fsp3) is 0.429. The molecule has 1 fully saturated rings. The number of rotatable bonds is 2. The second-order valence-corrected chi connectivity index (χ2v) is 4.04. The molecule has 0 unspecified atom stereocenters. The normalized spacial score (nSPS) is 18.9. The van der Waals surface area contributed by atoms with Crippen LogP contribution >= 0.6 is 0 Å². The Kier molecular flexibility index (Phi) is 2.30. The van der Waals surface area contributed by atoms with Gasteiger partial charge in [-0.3, -0.25) is 0 Å². The van der Waals surface area contributed by atoms with Gasteiger partial charge in [0.05, 0.1) is 13.2 Å². The lowest BCUT2D eigenvalue weighted by Crippen LogP contribution is -1.95. The Labute approximate surface area is 79.6 Å². The zero-order chi connectivity index (χ0) is 10.2. The highest BCUT2D eigenvalue weighted by Gasteiger charge is 2.24. The molecular formula is C7H7FO5S. The van der Waals surface area contributed by atoms with E-state index in [-0.39, 0.29) is 5.76 Å². The van der Waals surface area contributed by atoms with E-state index in [1.165, 1.54) is 0 Å². The lowest BCUT2D eigenvalue weighted by molar-refractivity contribution is -0.0588. The maximum absolute atomic E-state index is 12.5. The highest BCUT2D eigenvalue weighted by Crippen LogP contribution is 2.27. The second-order valence-electron chi connectivity index (χ2n) is 2.70. The summed E-state index contributed by atoms with van der Waals surface area (Å²) in [5.41, 5.74) is 0. The maximum atomic E-state index is 12.5. The van der Waals surface area contributed by atoms with Crippen LogP contribution in [0.1, 0.15) is 12.1 Å². The number of hydrogen-bond donors (Lipinski definition) is 0. The molecule has 7 heteroatoms. The van der Waals surface area contributed by atoms with Crippen LogP contribution in [0.2, 0.25) is 0 Å². The summed E-state index contributed by atoms with van der Waals surface area (Å²) >= 11 is 0. The predicted octanol–water partition coefficient (Wildman–Crippen LogP) is 0.983. The zero-order valence-corrected chi connectivity index (χ0v) is 7.79. The van der Waals surface area contributed by atoms with E-state index in [0.717, 1.165) is 12.3 Å². The van der Waals surface area contributed by atoms with Crippen LogP contribution in [0.5, 0.6) is 0 Å². The van der Waals surface area contributed by atoms with Gasteiger partial charge < -0.3 is 13.9 Å². The smallest absolute Gasteiger partial charge is 0.335 e. The molecule has 2 rings (SSSR count). The fourth-order valence-electron chi connectivity index (χ4n) is 1.11. The van der Waals surface area contributed by atoms with Gasteiger partial charge in [0.1, 0.15) is 11.2 Å². The molecule has 1 saturated heterocycles. The number of hydrogen-bond acceptors (Lipinski definition) is 5. The van der Waals surface area contributed by atoms with Crippen molar-refractivity contribution in [3.63, 3.8) is 0 Å². The van der Waals surface area contributed by atoms with Crippen LogP contribution in [0.3, 0.4) is 0 Å². The molecular weight excluding hydrogens is 215 g/mol. The number of furan rings is 1. The van der Waals surface area contributed by atoms with Gasteiger partial charge in [0.25, 0.3) is 0 Å². The first-order chi connectivity index (χ1) is 6.57. The van der Waals surface area contributed by atoms with E-state index in [0.29, 0.717) is 13.2 Å². The molecule has 0 atom stereocenters. The maximum Gasteiger partial charge on any atom is 0.335 e. The fourth-order valence-corrected chi connectivity index (χ4v) is 1.53. The van der Waals surface area contributed by atoms with Gasteiger partial charge in [0, 0.05) is 6.07 Å².